The number of hydrogen-bond donors (Lipinski definition) is 0. The van der Waals surface area contributed by atoms with Crippen LogP contribution >= 0.6 is 15.9 Å². The summed E-state index contributed by atoms with van der Waals surface area (Å²) in [7, 11) is 0. The van der Waals surface area contributed by atoms with Crippen molar-refractivity contribution >= 4 is 15.9 Å². The monoisotopic (exact) mass is 322 g/mol. The van der Waals surface area contributed by atoms with Crippen LogP contribution in [0.1, 0.15) is 68.2 Å². The lowest BCUT2D eigenvalue weighted by molar-refractivity contribution is 0.568. The van der Waals surface area contributed by atoms with Gasteiger partial charge >= 0.3 is 0 Å². The molecule has 1 heteroatoms. The number of unbranched alkanes of at least 4 members (excludes halogenated alkanes) is 7. The Kier molecular flexibility index (Phi) is 9.79. The fourth-order valence-electron chi connectivity index (χ4n) is 2.32. The molecule has 0 aliphatic heterocycles. The average molecular weight is 323 g/mol. The molecule has 1 unspecified atom stereocenters. The first kappa shape index (κ1) is 16.5. The fraction of sp³-hybridized carbons (Fsp3) is 0.556. The van der Waals surface area contributed by atoms with Gasteiger partial charge in [-0.2, -0.15) is 0 Å². The molecule has 0 radical (unpaired) electrons. The van der Waals surface area contributed by atoms with Crippen molar-refractivity contribution in [3.05, 3.63) is 48.6 Å². The third-order valence-corrected chi connectivity index (χ3v) is 4.51. The van der Waals surface area contributed by atoms with Crippen LogP contribution in [0.25, 0.3) is 0 Å². The van der Waals surface area contributed by atoms with Crippen LogP contribution in [-0.4, -0.2) is 0 Å². The van der Waals surface area contributed by atoms with Gasteiger partial charge in [0, 0.05) is 4.83 Å². The number of allylic oxidation sites excluding steroid dienone is 1. The second-order valence-electron chi connectivity index (χ2n) is 5.22. The van der Waals surface area contributed by atoms with Crippen molar-refractivity contribution in [3.63, 3.8) is 0 Å². The minimum Gasteiger partial charge on any atom is -0.103 e. The second-order valence-corrected chi connectivity index (χ2v) is 6.32. The van der Waals surface area contributed by atoms with Crippen LogP contribution in [0.3, 0.4) is 0 Å². The van der Waals surface area contributed by atoms with E-state index in [1.165, 1.54) is 63.4 Å². The molecule has 0 aliphatic rings. The van der Waals surface area contributed by atoms with E-state index in [1.54, 1.807) is 0 Å². The van der Waals surface area contributed by atoms with Crippen LogP contribution in [0.15, 0.2) is 43.0 Å². The summed E-state index contributed by atoms with van der Waals surface area (Å²) in [6.07, 6.45) is 14.0. The van der Waals surface area contributed by atoms with Crippen molar-refractivity contribution in [3.8, 4) is 0 Å². The molecule has 1 aromatic carbocycles. The first-order valence-electron chi connectivity index (χ1n) is 7.64. The third kappa shape index (κ3) is 8.26. The summed E-state index contributed by atoms with van der Waals surface area (Å²) in [5.74, 6) is 0. The van der Waals surface area contributed by atoms with Crippen LogP contribution in [0.2, 0.25) is 0 Å². The Morgan fingerprint density at radius 3 is 2.11 bits per heavy atom. The quantitative estimate of drug-likeness (QED) is 0.238. The van der Waals surface area contributed by atoms with E-state index in [9.17, 15) is 0 Å². The van der Waals surface area contributed by atoms with Gasteiger partial charge in [-0.25, -0.2) is 0 Å². The number of hydrogen-bond acceptors (Lipinski definition) is 0. The summed E-state index contributed by atoms with van der Waals surface area (Å²) >= 11 is 3.79. The topological polar surface area (TPSA) is 0 Å². The zero-order valence-electron chi connectivity index (χ0n) is 12.0. The first-order valence-corrected chi connectivity index (χ1v) is 8.56. The Morgan fingerprint density at radius 2 is 1.47 bits per heavy atom. The van der Waals surface area contributed by atoms with Crippen LogP contribution in [0, 0.1) is 0 Å². The van der Waals surface area contributed by atoms with Gasteiger partial charge in [0.05, 0.1) is 0 Å². The van der Waals surface area contributed by atoms with Gasteiger partial charge in [-0.05, 0) is 24.8 Å². The summed E-state index contributed by atoms with van der Waals surface area (Å²) in [5.41, 5.74) is 1.41. The lowest BCUT2D eigenvalue weighted by Crippen LogP contribution is -1.90. The van der Waals surface area contributed by atoms with Gasteiger partial charge in [-0.1, -0.05) is 90.9 Å². The van der Waals surface area contributed by atoms with Gasteiger partial charge in [-0.3, -0.25) is 0 Å². The molecule has 0 aromatic heterocycles. The highest BCUT2D eigenvalue weighted by molar-refractivity contribution is 9.09. The molecule has 0 saturated heterocycles. The molecule has 19 heavy (non-hydrogen) atoms. The number of benzene rings is 1. The standard InChI is InChI=1S/C18H27Br/c1-2-3-4-5-6-7-8-9-13-16-18(19)17-14-11-10-12-15-17/h2,10-12,14-15,18H,1,3-9,13,16H2. The molecule has 106 valence electrons. The Labute approximate surface area is 127 Å². The van der Waals surface area contributed by atoms with E-state index >= 15 is 0 Å². The summed E-state index contributed by atoms with van der Waals surface area (Å²) in [5, 5.41) is 0. The van der Waals surface area contributed by atoms with Gasteiger partial charge in [0.2, 0.25) is 0 Å². The van der Waals surface area contributed by atoms with Crippen molar-refractivity contribution < 1.29 is 0 Å². The van der Waals surface area contributed by atoms with Crippen molar-refractivity contribution in [2.45, 2.75) is 62.6 Å². The molecule has 0 spiro atoms. The number of rotatable bonds is 11. The zero-order chi connectivity index (χ0) is 13.8. The normalized spacial score (nSPS) is 12.3. The van der Waals surface area contributed by atoms with Crippen molar-refractivity contribution in [1.29, 1.82) is 0 Å². The molecule has 0 fully saturated rings. The largest absolute Gasteiger partial charge is 0.103 e. The van der Waals surface area contributed by atoms with E-state index in [0.717, 1.165) is 0 Å². The minimum absolute atomic E-state index is 0.529. The maximum absolute atomic E-state index is 3.79. The molecule has 0 nitrogen and oxygen atoms in total. The molecule has 0 aliphatic carbocycles. The SMILES string of the molecule is C=CCCCCCCCCCC(Br)c1ccccc1. The van der Waals surface area contributed by atoms with Gasteiger partial charge in [0.15, 0.2) is 0 Å². The maximum Gasteiger partial charge on any atom is 0.0395 e. The average Bonchev–Trinajstić information content (AvgIpc) is 2.46. The summed E-state index contributed by atoms with van der Waals surface area (Å²) in [6.45, 7) is 3.76. The van der Waals surface area contributed by atoms with E-state index in [2.05, 4.69) is 52.8 Å². The summed E-state index contributed by atoms with van der Waals surface area (Å²) < 4.78 is 0. The molecule has 0 heterocycles. The van der Waals surface area contributed by atoms with Gasteiger partial charge < -0.3 is 0 Å². The van der Waals surface area contributed by atoms with E-state index < -0.39 is 0 Å². The van der Waals surface area contributed by atoms with Crippen molar-refractivity contribution in [2.24, 2.45) is 0 Å². The van der Waals surface area contributed by atoms with Gasteiger partial charge in [0.25, 0.3) is 0 Å². The third-order valence-electron chi connectivity index (χ3n) is 3.53. The number of alkyl halides is 1. The smallest absolute Gasteiger partial charge is 0.0395 e. The maximum atomic E-state index is 3.79. The minimum atomic E-state index is 0.529. The van der Waals surface area contributed by atoms with Crippen LogP contribution in [0.4, 0.5) is 0 Å². The predicted molar refractivity (Wildman–Crippen MR) is 89.9 cm³/mol. The highest BCUT2D eigenvalue weighted by atomic mass is 79.9. The van der Waals surface area contributed by atoms with Gasteiger partial charge in [-0.15, -0.1) is 6.58 Å². The first-order chi connectivity index (χ1) is 9.34. The summed E-state index contributed by atoms with van der Waals surface area (Å²) in [6, 6.07) is 10.7. The second kappa shape index (κ2) is 11.3. The van der Waals surface area contributed by atoms with E-state index in [-0.39, 0.29) is 0 Å². The molecule has 1 rings (SSSR count). The molecular weight excluding hydrogens is 296 g/mol. The molecule has 0 amide bonds. The van der Waals surface area contributed by atoms with E-state index in [1.807, 2.05) is 6.08 Å². The van der Waals surface area contributed by atoms with E-state index in [4.69, 9.17) is 0 Å². The molecule has 0 saturated carbocycles. The Bertz CT molecular complexity index is 318. The lowest BCUT2D eigenvalue weighted by Gasteiger charge is -2.09. The zero-order valence-corrected chi connectivity index (χ0v) is 13.6. The number of halogens is 1. The Balaban J connectivity index is 1.95. The molecular formula is C18H27Br. The highest BCUT2D eigenvalue weighted by Gasteiger charge is 2.05. The summed E-state index contributed by atoms with van der Waals surface area (Å²) in [4.78, 5) is 0.529. The fourth-order valence-corrected chi connectivity index (χ4v) is 2.95. The Morgan fingerprint density at radius 1 is 0.895 bits per heavy atom. The van der Waals surface area contributed by atoms with Crippen molar-refractivity contribution in [2.75, 3.05) is 0 Å². The predicted octanol–water partition coefficient (Wildman–Crippen LogP) is 6.82. The Hall–Kier alpha value is -0.560. The molecule has 1 aromatic rings. The lowest BCUT2D eigenvalue weighted by atomic mass is 10.0. The van der Waals surface area contributed by atoms with Crippen LogP contribution in [0.5, 0.6) is 0 Å². The van der Waals surface area contributed by atoms with Crippen molar-refractivity contribution in [1.82, 2.24) is 0 Å². The van der Waals surface area contributed by atoms with Crippen LogP contribution < -0.4 is 0 Å². The molecule has 1 atom stereocenters. The van der Waals surface area contributed by atoms with E-state index in [0.29, 0.717) is 4.83 Å². The van der Waals surface area contributed by atoms with Gasteiger partial charge in [0.1, 0.15) is 0 Å². The highest BCUT2D eigenvalue weighted by Crippen LogP contribution is 2.28. The molecule has 0 bridgehead atoms. The molecule has 0 N–H and O–H groups in total. The van der Waals surface area contributed by atoms with Crippen LogP contribution in [-0.2, 0) is 0 Å².